The van der Waals surface area contributed by atoms with Gasteiger partial charge in [-0.3, -0.25) is 14.2 Å². The minimum Gasteiger partial charge on any atom is -0.404 e. The van der Waals surface area contributed by atoms with Gasteiger partial charge in [0.1, 0.15) is 0 Å². The number of carbonyl (C=O) groups excluding carboxylic acids is 1. The standard InChI is InChI=1S/C5H7N2O5P/c8-5(3-11-13(9)10)12-4-1-2-6-7-4/h1-2,13H,3H2,(H,6,7)(H,9,10). The first-order valence-electron chi connectivity index (χ1n) is 3.24. The van der Waals surface area contributed by atoms with Gasteiger partial charge in [0.15, 0.2) is 6.61 Å². The third-order valence-corrected chi connectivity index (χ3v) is 1.40. The molecule has 1 unspecified atom stereocenters. The van der Waals surface area contributed by atoms with Crippen molar-refractivity contribution < 1.29 is 23.5 Å². The number of carbonyl (C=O) groups is 1. The Bertz CT molecular complexity index is 298. The molecule has 7 nitrogen and oxygen atoms in total. The van der Waals surface area contributed by atoms with E-state index in [2.05, 4.69) is 19.5 Å². The maximum atomic E-state index is 10.8. The maximum absolute atomic E-state index is 10.8. The third kappa shape index (κ3) is 3.84. The fourth-order valence-corrected chi connectivity index (χ4v) is 0.812. The predicted molar refractivity (Wildman–Crippen MR) is 41.4 cm³/mol. The van der Waals surface area contributed by atoms with E-state index < -0.39 is 20.8 Å². The van der Waals surface area contributed by atoms with Gasteiger partial charge in [-0.2, -0.15) is 0 Å². The van der Waals surface area contributed by atoms with E-state index in [4.69, 9.17) is 4.89 Å². The van der Waals surface area contributed by atoms with Crippen molar-refractivity contribution in [1.82, 2.24) is 10.2 Å². The van der Waals surface area contributed by atoms with Crippen molar-refractivity contribution in [2.45, 2.75) is 0 Å². The van der Waals surface area contributed by atoms with Crippen LogP contribution in [-0.4, -0.2) is 27.7 Å². The Morgan fingerprint density at radius 2 is 2.54 bits per heavy atom. The number of nitrogens with one attached hydrogen (secondary N) is 1. The second-order valence-electron chi connectivity index (χ2n) is 1.94. The van der Waals surface area contributed by atoms with Crippen LogP contribution in [0.2, 0.25) is 0 Å². The SMILES string of the molecule is O=C(CO[PH](=O)O)Oc1cc[nH]n1. The lowest BCUT2D eigenvalue weighted by Gasteiger charge is -1.98. The van der Waals surface area contributed by atoms with Gasteiger partial charge in [0, 0.05) is 12.3 Å². The Balaban J connectivity index is 2.30. The van der Waals surface area contributed by atoms with E-state index in [1.165, 1.54) is 12.3 Å². The van der Waals surface area contributed by atoms with E-state index in [-0.39, 0.29) is 5.88 Å². The molecule has 0 saturated carbocycles. The number of H-pyrrole nitrogens is 1. The number of aromatic amines is 1. The summed E-state index contributed by atoms with van der Waals surface area (Å²) in [5, 5.41) is 5.95. The maximum Gasteiger partial charge on any atom is 0.339 e. The van der Waals surface area contributed by atoms with Gasteiger partial charge >= 0.3 is 14.2 Å². The van der Waals surface area contributed by atoms with E-state index >= 15 is 0 Å². The number of nitrogens with zero attached hydrogens (tertiary/aromatic N) is 1. The van der Waals surface area contributed by atoms with E-state index in [0.717, 1.165) is 0 Å². The molecule has 0 bridgehead atoms. The lowest BCUT2D eigenvalue weighted by molar-refractivity contribution is -0.137. The normalized spacial score (nSPS) is 12.4. The zero-order valence-electron chi connectivity index (χ0n) is 6.39. The fourth-order valence-electron chi connectivity index (χ4n) is 0.570. The summed E-state index contributed by atoms with van der Waals surface area (Å²) in [6.07, 6.45) is 1.47. The lowest BCUT2D eigenvalue weighted by Crippen LogP contribution is -2.13. The average Bonchev–Trinajstić information content (AvgIpc) is 2.53. The van der Waals surface area contributed by atoms with Gasteiger partial charge in [-0.15, -0.1) is 5.10 Å². The van der Waals surface area contributed by atoms with Gasteiger partial charge in [0.25, 0.3) is 0 Å². The molecular formula is C5H7N2O5P. The Morgan fingerprint density at radius 1 is 1.77 bits per heavy atom. The van der Waals surface area contributed by atoms with Crippen LogP contribution in [-0.2, 0) is 13.9 Å². The molecule has 0 aromatic carbocycles. The summed E-state index contributed by atoms with van der Waals surface area (Å²) < 4.78 is 18.7. The first-order valence-corrected chi connectivity index (χ1v) is 4.51. The van der Waals surface area contributed by atoms with Gasteiger partial charge in [-0.1, -0.05) is 0 Å². The molecule has 0 amide bonds. The number of hydrogen-bond acceptors (Lipinski definition) is 5. The summed E-state index contributed by atoms with van der Waals surface area (Å²) in [6.45, 7) is -0.568. The van der Waals surface area contributed by atoms with Crippen LogP contribution in [0.15, 0.2) is 12.3 Å². The van der Waals surface area contributed by atoms with E-state index in [9.17, 15) is 9.36 Å². The first-order chi connectivity index (χ1) is 6.18. The van der Waals surface area contributed by atoms with Crippen molar-refractivity contribution in [2.75, 3.05) is 6.61 Å². The second-order valence-corrected chi connectivity index (χ2v) is 2.76. The molecule has 1 atom stereocenters. The molecule has 0 fully saturated rings. The molecule has 0 aliphatic rings. The van der Waals surface area contributed by atoms with E-state index in [1.54, 1.807) is 0 Å². The van der Waals surface area contributed by atoms with Gasteiger partial charge < -0.3 is 9.63 Å². The topological polar surface area (TPSA) is 102 Å². The number of esters is 1. The molecule has 0 aliphatic carbocycles. The lowest BCUT2D eigenvalue weighted by atomic mass is 10.7. The number of ether oxygens (including phenoxy) is 1. The van der Waals surface area contributed by atoms with Gasteiger partial charge in [-0.05, 0) is 0 Å². The van der Waals surface area contributed by atoms with Crippen LogP contribution in [0.5, 0.6) is 5.88 Å². The minimum atomic E-state index is -3.09. The highest BCUT2D eigenvalue weighted by Gasteiger charge is 2.07. The number of aromatic nitrogens is 2. The summed E-state index contributed by atoms with van der Waals surface area (Å²) in [4.78, 5) is 19.0. The molecule has 13 heavy (non-hydrogen) atoms. The Morgan fingerprint density at radius 3 is 3.08 bits per heavy atom. The van der Waals surface area contributed by atoms with Crippen LogP contribution in [0.25, 0.3) is 0 Å². The zero-order valence-corrected chi connectivity index (χ0v) is 7.39. The molecule has 0 radical (unpaired) electrons. The van der Waals surface area contributed by atoms with Crippen molar-refractivity contribution in [1.29, 1.82) is 0 Å². The van der Waals surface area contributed by atoms with Crippen LogP contribution in [0.1, 0.15) is 0 Å². The van der Waals surface area contributed by atoms with Crippen molar-refractivity contribution >= 4 is 14.2 Å². The first kappa shape index (κ1) is 9.91. The van der Waals surface area contributed by atoms with Crippen LogP contribution < -0.4 is 4.74 Å². The van der Waals surface area contributed by atoms with Gasteiger partial charge in [-0.25, -0.2) is 4.79 Å². The molecule has 0 saturated heterocycles. The Kier molecular flexibility index (Phi) is 3.63. The number of hydrogen-bond donors (Lipinski definition) is 2. The summed E-state index contributed by atoms with van der Waals surface area (Å²) in [6, 6.07) is 1.43. The van der Waals surface area contributed by atoms with Gasteiger partial charge in [0.05, 0.1) is 0 Å². The molecule has 0 spiro atoms. The van der Waals surface area contributed by atoms with Gasteiger partial charge in [0.2, 0.25) is 5.88 Å². The van der Waals surface area contributed by atoms with Crippen molar-refractivity contribution in [2.24, 2.45) is 0 Å². The van der Waals surface area contributed by atoms with E-state index in [0.29, 0.717) is 0 Å². The molecular weight excluding hydrogens is 199 g/mol. The molecule has 1 rings (SSSR count). The highest BCUT2D eigenvalue weighted by Crippen LogP contribution is 2.13. The smallest absolute Gasteiger partial charge is 0.339 e. The molecule has 0 aliphatic heterocycles. The molecule has 72 valence electrons. The molecule has 8 heteroatoms. The van der Waals surface area contributed by atoms with Crippen LogP contribution in [0, 0.1) is 0 Å². The Labute approximate surface area is 73.6 Å². The molecule has 1 aromatic rings. The molecule has 2 N–H and O–H groups in total. The third-order valence-electron chi connectivity index (χ3n) is 1.01. The highest BCUT2D eigenvalue weighted by molar-refractivity contribution is 7.32. The molecule has 1 aromatic heterocycles. The zero-order chi connectivity index (χ0) is 9.68. The minimum absolute atomic E-state index is 0.0891. The Hall–Kier alpha value is -1.17. The van der Waals surface area contributed by atoms with Crippen LogP contribution >= 0.6 is 8.25 Å². The summed E-state index contributed by atoms with van der Waals surface area (Å²) in [5.74, 6) is -0.689. The number of rotatable bonds is 4. The van der Waals surface area contributed by atoms with Crippen molar-refractivity contribution in [3.63, 3.8) is 0 Å². The second kappa shape index (κ2) is 4.76. The fraction of sp³-hybridized carbons (Fsp3) is 0.200. The van der Waals surface area contributed by atoms with E-state index in [1.807, 2.05) is 0 Å². The summed E-state index contributed by atoms with van der Waals surface area (Å²) in [5.41, 5.74) is 0. The average molecular weight is 206 g/mol. The van der Waals surface area contributed by atoms with Crippen LogP contribution in [0.4, 0.5) is 0 Å². The summed E-state index contributed by atoms with van der Waals surface area (Å²) in [7, 11) is -3.09. The van der Waals surface area contributed by atoms with Crippen LogP contribution in [0.3, 0.4) is 0 Å². The predicted octanol–water partition coefficient (Wildman–Crippen LogP) is -0.286. The van der Waals surface area contributed by atoms with Crippen molar-refractivity contribution in [3.8, 4) is 5.88 Å². The monoisotopic (exact) mass is 206 g/mol. The van der Waals surface area contributed by atoms with Crippen molar-refractivity contribution in [3.05, 3.63) is 12.3 Å². The quantitative estimate of drug-likeness (QED) is 0.518. The largest absolute Gasteiger partial charge is 0.404 e. The highest BCUT2D eigenvalue weighted by atomic mass is 31.1. The summed E-state index contributed by atoms with van der Waals surface area (Å²) >= 11 is 0. The molecule has 1 heterocycles.